The summed E-state index contributed by atoms with van der Waals surface area (Å²) in [4.78, 5) is 50.2. The number of fused-ring (bicyclic) bond motifs is 10. The van der Waals surface area contributed by atoms with E-state index < -0.39 is 5.60 Å². The second kappa shape index (κ2) is 16.4. The third-order valence-corrected chi connectivity index (χ3v) is 17.8. The molecule has 0 amide bonds. The number of Topliss-reactive ketones (excluding diaryl/α,β-unsaturated/α-hetero) is 1. The van der Waals surface area contributed by atoms with Gasteiger partial charge in [0.25, 0.3) is 0 Å². The summed E-state index contributed by atoms with van der Waals surface area (Å²) in [6, 6.07) is 15.4. The van der Waals surface area contributed by atoms with E-state index in [2.05, 4.69) is 39.8 Å². The van der Waals surface area contributed by atoms with Crippen molar-refractivity contribution < 1.29 is 33.8 Å². The van der Waals surface area contributed by atoms with Crippen LogP contribution in [0.4, 0.5) is 0 Å². The van der Waals surface area contributed by atoms with Crippen LogP contribution in [0.5, 0.6) is 5.75 Å². The molecule has 5 fully saturated rings. The summed E-state index contributed by atoms with van der Waals surface area (Å²) in [5.74, 6) is 3.91. The predicted octanol–water partition coefficient (Wildman–Crippen LogP) is 11.1. The number of aryl methyl sites for hydroxylation is 1. The normalized spacial score (nSPS) is 37.8. The number of aliphatic hydroxyl groups is 1. The molecule has 11 atom stereocenters. The summed E-state index contributed by atoms with van der Waals surface area (Å²) in [5.41, 5.74) is 3.73. The Morgan fingerprint density at radius 3 is 2.31 bits per heavy atom. The highest BCUT2D eigenvalue weighted by Gasteiger charge is 2.68. The van der Waals surface area contributed by atoms with E-state index in [1.807, 2.05) is 30.3 Å². The van der Waals surface area contributed by atoms with Crippen LogP contribution < -0.4 is 4.74 Å². The Kier molecular flexibility index (Phi) is 11.7. The molecule has 0 heterocycles. The van der Waals surface area contributed by atoms with Crippen molar-refractivity contribution in [1.82, 2.24) is 0 Å². The third kappa shape index (κ3) is 7.27. The molecule has 7 heteroatoms. The first kappa shape index (κ1) is 42.1. The molecule has 0 spiro atoms. The number of esters is 2. The van der Waals surface area contributed by atoms with Gasteiger partial charge in [-0.05, 0) is 185 Å². The largest absolute Gasteiger partial charge is 0.450 e. The van der Waals surface area contributed by atoms with Crippen LogP contribution in [0, 0.1) is 45.8 Å². The maximum atomic E-state index is 13.1. The fraction of sp³-hybridized carbons (Fsp3) is 0.654. The van der Waals surface area contributed by atoms with Gasteiger partial charge in [0.2, 0.25) is 0 Å². The van der Waals surface area contributed by atoms with Crippen LogP contribution in [0.15, 0.2) is 60.2 Å². The second-order valence-corrected chi connectivity index (χ2v) is 20.4. The van der Waals surface area contributed by atoms with Crippen LogP contribution in [-0.2, 0) is 25.5 Å². The molecule has 7 aliphatic carbocycles. The molecule has 0 aliphatic heterocycles. The van der Waals surface area contributed by atoms with Gasteiger partial charge in [0.1, 0.15) is 5.75 Å². The molecule has 5 saturated carbocycles. The minimum atomic E-state index is -0.953. The minimum Gasteiger partial charge on any atom is -0.450 e. The van der Waals surface area contributed by atoms with Gasteiger partial charge in [-0.1, -0.05) is 70.4 Å². The Bertz CT molecular complexity index is 1970. The quantitative estimate of drug-likeness (QED) is 0.161. The monoisotopic (exact) mass is 804 g/mol. The summed E-state index contributed by atoms with van der Waals surface area (Å²) < 4.78 is 11.8. The van der Waals surface area contributed by atoms with Gasteiger partial charge in [-0.25, -0.2) is 4.79 Å². The van der Waals surface area contributed by atoms with E-state index >= 15 is 0 Å². The lowest BCUT2D eigenvalue weighted by Gasteiger charge is -2.59. The van der Waals surface area contributed by atoms with Gasteiger partial charge in [-0.3, -0.25) is 14.4 Å². The van der Waals surface area contributed by atoms with Crippen molar-refractivity contribution in [2.75, 3.05) is 0 Å². The lowest BCUT2D eigenvalue weighted by Crippen LogP contribution is -2.58. The molecule has 11 unspecified atom stereocenters. The van der Waals surface area contributed by atoms with E-state index in [0.29, 0.717) is 66.1 Å². The van der Waals surface area contributed by atoms with Crippen molar-refractivity contribution in [3.05, 3.63) is 76.9 Å². The van der Waals surface area contributed by atoms with Crippen molar-refractivity contribution in [2.45, 2.75) is 168 Å². The maximum absolute atomic E-state index is 13.1. The van der Waals surface area contributed by atoms with E-state index in [0.717, 1.165) is 83.5 Å². The third-order valence-electron chi connectivity index (χ3n) is 17.8. The van der Waals surface area contributed by atoms with Crippen LogP contribution >= 0.6 is 0 Å². The van der Waals surface area contributed by atoms with Crippen molar-refractivity contribution in [3.63, 3.8) is 0 Å². The van der Waals surface area contributed by atoms with Crippen molar-refractivity contribution in [3.8, 4) is 5.75 Å². The molecule has 9 rings (SSSR count). The molecular formula is C52H68O7. The van der Waals surface area contributed by atoms with Crippen LogP contribution in [0.3, 0.4) is 0 Å². The van der Waals surface area contributed by atoms with Crippen LogP contribution in [-0.4, -0.2) is 40.3 Å². The molecule has 2 aromatic rings. The van der Waals surface area contributed by atoms with Gasteiger partial charge in [0.15, 0.2) is 17.2 Å². The summed E-state index contributed by atoms with van der Waals surface area (Å²) in [7, 11) is 0. The SMILES string of the molecule is CC12CCC3c4ccc(OC(=O)c5ccccc5)cc4CCC3C1CCC2O.CCCCCC(=O)OC1(C(C)=O)CCC2C3CCC4=CC(=O)CCC4(C)C3CCC21C. The average molecular weight is 805 g/mol. The van der Waals surface area contributed by atoms with Crippen LogP contribution in [0.25, 0.3) is 0 Å². The van der Waals surface area contributed by atoms with Gasteiger partial charge in [0, 0.05) is 18.3 Å². The Balaban J connectivity index is 0.000000165. The number of carbonyl (C=O) groups excluding carboxylic acids is 4. The maximum Gasteiger partial charge on any atom is 0.343 e. The number of hydrogen-bond donors (Lipinski definition) is 1. The standard InChI is InChI=1S/C27H40O4.C25H28O3/c1-5-6-7-8-24(30)31-27(18(2)28)16-13-23-21-10-9-19-17-20(29)11-14-25(19,3)22(21)12-15-26(23,27)4;1-25-14-13-20-19-10-8-18(28-24(27)16-5-3-2-4-6-16)15-17(19)7-9-21(20)22(25)11-12-23(25)26/h17,21-23H,5-16H2,1-4H3;2-6,8,10,15,20-23,26H,7,9,11-14H2,1H3. The van der Waals surface area contributed by atoms with E-state index in [9.17, 15) is 24.3 Å². The minimum absolute atomic E-state index is 0.0330. The number of benzene rings is 2. The zero-order valence-electron chi connectivity index (χ0n) is 36.4. The van der Waals surface area contributed by atoms with E-state index in [4.69, 9.17) is 9.47 Å². The average Bonchev–Trinajstić information content (AvgIpc) is 3.71. The molecule has 2 aromatic carbocycles. The van der Waals surface area contributed by atoms with Crippen LogP contribution in [0.1, 0.15) is 171 Å². The Morgan fingerprint density at radius 1 is 0.780 bits per heavy atom. The number of allylic oxidation sites excluding steroid dienone is 1. The molecule has 0 radical (unpaired) electrons. The number of unbranched alkanes of at least 4 members (excludes halogenated alkanes) is 2. The van der Waals surface area contributed by atoms with Gasteiger partial charge in [-0.2, -0.15) is 0 Å². The number of carbonyl (C=O) groups is 4. The van der Waals surface area contributed by atoms with Gasteiger partial charge in [0.05, 0.1) is 11.7 Å². The van der Waals surface area contributed by atoms with Crippen molar-refractivity contribution >= 4 is 23.5 Å². The first-order valence-electron chi connectivity index (χ1n) is 23.3. The zero-order chi connectivity index (χ0) is 41.7. The summed E-state index contributed by atoms with van der Waals surface area (Å²) in [5, 5.41) is 10.5. The van der Waals surface area contributed by atoms with E-state index in [1.54, 1.807) is 19.1 Å². The summed E-state index contributed by atoms with van der Waals surface area (Å²) in [6.07, 6.45) is 19.1. The molecule has 7 aliphatic rings. The topological polar surface area (TPSA) is 107 Å². The van der Waals surface area contributed by atoms with Gasteiger partial charge < -0.3 is 14.6 Å². The number of rotatable bonds is 8. The highest BCUT2D eigenvalue weighted by molar-refractivity contribution is 5.92. The highest BCUT2D eigenvalue weighted by Crippen LogP contribution is 2.68. The molecule has 7 nitrogen and oxygen atoms in total. The van der Waals surface area contributed by atoms with Crippen molar-refractivity contribution in [1.29, 1.82) is 0 Å². The van der Waals surface area contributed by atoms with E-state index in [1.165, 1.54) is 29.5 Å². The highest BCUT2D eigenvalue weighted by atomic mass is 16.6. The summed E-state index contributed by atoms with van der Waals surface area (Å²) in [6.45, 7) is 10.7. The fourth-order valence-electron chi connectivity index (χ4n) is 14.5. The Morgan fingerprint density at radius 2 is 1.54 bits per heavy atom. The molecule has 0 bridgehead atoms. The van der Waals surface area contributed by atoms with Crippen LogP contribution in [0.2, 0.25) is 0 Å². The fourth-order valence-corrected chi connectivity index (χ4v) is 14.5. The lowest BCUT2D eigenvalue weighted by molar-refractivity contribution is -0.189. The summed E-state index contributed by atoms with van der Waals surface area (Å²) >= 11 is 0. The Labute approximate surface area is 352 Å². The first-order chi connectivity index (χ1) is 28.2. The second-order valence-electron chi connectivity index (χ2n) is 20.4. The van der Waals surface area contributed by atoms with Crippen molar-refractivity contribution in [2.24, 2.45) is 45.8 Å². The lowest BCUT2D eigenvalue weighted by atomic mass is 9.46. The number of ketones is 2. The molecular weight excluding hydrogens is 737 g/mol. The number of hydrogen-bond acceptors (Lipinski definition) is 7. The molecule has 318 valence electrons. The van der Waals surface area contributed by atoms with Gasteiger partial charge >= 0.3 is 11.9 Å². The molecule has 1 N–H and O–H groups in total. The zero-order valence-corrected chi connectivity index (χ0v) is 36.4. The van der Waals surface area contributed by atoms with E-state index in [-0.39, 0.29) is 45.9 Å². The first-order valence-corrected chi connectivity index (χ1v) is 23.3. The Hall–Kier alpha value is -3.58. The molecule has 0 saturated heterocycles. The number of ether oxygens (including phenoxy) is 2. The molecule has 59 heavy (non-hydrogen) atoms. The molecule has 0 aromatic heterocycles. The smallest absolute Gasteiger partial charge is 0.343 e. The predicted molar refractivity (Wildman–Crippen MR) is 229 cm³/mol. The van der Waals surface area contributed by atoms with Gasteiger partial charge in [-0.15, -0.1) is 0 Å². The number of aliphatic hydroxyl groups excluding tert-OH is 1.